The summed E-state index contributed by atoms with van der Waals surface area (Å²) in [6.45, 7) is 16.5. The summed E-state index contributed by atoms with van der Waals surface area (Å²) in [4.78, 5) is 102. The Labute approximate surface area is 365 Å². The number of esters is 2. The Balaban J connectivity index is 2.08. The number of benzene rings is 1. The lowest BCUT2D eigenvalue weighted by Gasteiger charge is -2.33. The lowest BCUT2D eigenvalue weighted by Crippen LogP contribution is -2.57. The van der Waals surface area contributed by atoms with Crippen LogP contribution < -0.4 is 16.0 Å². The number of nitrogens with one attached hydrogen (secondary N) is 4. The number of nitrogens with zero attached hydrogens (tertiary/aromatic N) is 2. The van der Waals surface area contributed by atoms with E-state index in [0.29, 0.717) is 12.0 Å². The predicted molar refractivity (Wildman–Crippen MR) is 235 cm³/mol. The van der Waals surface area contributed by atoms with Gasteiger partial charge in [-0.15, -0.1) is 0 Å². The topological polar surface area (TPSA) is 217 Å². The molecule has 16 nitrogen and oxygen atoms in total. The first-order valence-electron chi connectivity index (χ1n) is 21.5. The van der Waals surface area contributed by atoms with Gasteiger partial charge in [0.05, 0.1) is 12.6 Å². The van der Waals surface area contributed by atoms with E-state index >= 15 is 0 Å². The summed E-state index contributed by atoms with van der Waals surface area (Å²) in [5, 5.41) is 20.2. The molecule has 0 fully saturated rings. The summed E-state index contributed by atoms with van der Waals surface area (Å²) in [5.41, 5.74) is 2.32. The fourth-order valence-corrected chi connectivity index (χ4v) is 7.22. The van der Waals surface area contributed by atoms with Gasteiger partial charge in [-0.25, -0.2) is 9.59 Å². The Morgan fingerprint density at radius 3 is 2.19 bits per heavy atom. The summed E-state index contributed by atoms with van der Waals surface area (Å²) in [6.07, 6.45) is 2.36. The summed E-state index contributed by atoms with van der Waals surface area (Å²) < 4.78 is 11.6. The van der Waals surface area contributed by atoms with Gasteiger partial charge in [-0.3, -0.25) is 24.0 Å². The number of hydrogen-bond acceptors (Lipinski definition) is 10. The zero-order valence-electron chi connectivity index (χ0n) is 38.4. The number of hydrogen-bond donors (Lipinski definition) is 5. The Morgan fingerprint density at radius 2 is 1.56 bits per heavy atom. The molecule has 2 aromatic rings. The van der Waals surface area contributed by atoms with Gasteiger partial charge in [0.15, 0.2) is 6.10 Å². The van der Waals surface area contributed by atoms with Gasteiger partial charge in [-0.05, 0) is 76.5 Å². The van der Waals surface area contributed by atoms with Crippen LogP contribution in [0, 0.1) is 17.8 Å². The number of carbonyl (C=O) groups is 7. The molecule has 1 aliphatic rings. The average Bonchev–Trinajstić information content (AvgIpc) is 3.65. The lowest BCUT2D eigenvalue weighted by atomic mass is 9.90. The van der Waals surface area contributed by atoms with Crippen LogP contribution in [0.1, 0.15) is 94.1 Å². The molecule has 3 rings (SSSR count). The van der Waals surface area contributed by atoms with Crippen molar-refractivity contribution < 1.29 is 48.1 Å². The third-order valence-corrected chi connectivity index (χ3v) is 11.6. The molecule has 5 amide bonds. The highest BCUT2D eigenvalue weighted by atomic mass is 16.6. The largest absolute Gasteiger partial charge is 0.456 e. The van der Waals surface area contributed by atoms with Crippen LogP contribution in [0.3, 0.4) is 0 Å². The predicted octanol–water partition coefficient (Wildman–Crippen LogP) is 3.72. The molecule has 1 aliphatic heterocycles. The molecule has 0 saturated heterocycles. The van der Waals surface area contributed by atoms with Gasteiger partial charge in [0.2, 0.25) is 23.6 Å². The van der Waals surface area contributed by atoms with Crippen LogP contribution in [-0.4, -0.2) is 124 Å². The summed E-state index contributed by atoms with van der Waals surface area (Å²) in [6, 6.07) is 2.92. The molecule has 2 heterocycles. The van der Waals surface area contributed by atoms with E-state index in [2.05, 4.69) is 20.9 Å². The summed E-state index contributed by atoms with van der Waals surface area (Å²) >= 11 is 0. The zero-order chi connectivity index (χ0) is 46.6. The van der Waals surface area contributed by atoms with Gasteiger partial charge in [0.1, 0.15) is 30.3 Å². The second kappa shape index (κ2) is 23.1. The normalized spacial score (nSPS) is 28.1. The number of ether oxygens (including phenoxy) is 2. The van der Waals surface area contributed by atoms with Crippen LogP contribution >= 0.6 is 0 Å². The minimum atomic E-state index is -1.27. The van der Waals surface area contributed by atoms with Crippen molar-refractivity contribution in [2.24, 2.45) is 17.8 Å². The highest BCUT2D eigenvalue weighted by molar-refractivity contribution is 5.96. The van der Waals surface area contributed by atoms with Crippen molar-refractivity contribution in [3.63, 3.8) is 0 Å². The van der Waals surface area contributed by atoms with Gasteiger partial charge in [0, 0.05) is 49.1 Å². The van der Waals surface area contributed by atoms with Crippen LogP contribution in [0.2, 0.25) is 0 Å². The number of H-pyrrole nitrogens is 1. The number of cyclic esters (lactones) is 2. The van der Waals surface area contributed by atoms with Crippen LogP contribution in [0.4, 0.5) is 0 Å². The maximum Gasteiger partial charge on any atom is 0.334 e. The molecule has 1 aromatic heterocycles. The highest BCUT2D eigenvalue weighted by Gasteiger charge is 2.37. The standard InChI is InChI=1S/C46H68N6O10/c1-13-26(5)39-42(56)49-31(10)46(60)62-40(27(6)14-2)29(8)36(53)20-19-28(7)45(59)61-37(21-25(3)4)41(55)48-30(9)43(57)52(12)35(44(58)51(11)24-38(54)50-39)22-32-23-47-34-18-16-15-17-33(32)34/h14-19,23,25-26,29-31,35-37,39-40,47,53H,13,20-22,24H2,1-12H3,(H,48,55)(H,49,56)(H,50,54)/b27-14+,28-19+/t26?,29-,30-,31+,35+,36-,37+,39?,40+/m0/s1. The van der Waals surface area contributed by atoms with E-state index in [1.54, 1.807) is 40.0 Å². The number of aliphatic hydroxyl groups excluding tert-OH is 1. The Bertz CT molecular complexity index is 1990. The number of aromatic amines is 1. The van der Waals surface area contributed by atoms with E-state index in [1.807, 2.05) is 45.0 Å². The van der Waals surface area contributed by atoms with Crippen molar-refractivity contribution in [3.8, 4) is 0 Å². The fourth-order valence-electron chi connectivity index (χ4n) is 7.22. The number of rotatable bonds is 7. The first-order chi connectivity index (χ1) is 29.1. The third kappa shape index (κ3) is 13.5. The maximum atomic E-state index is 14.4. The van der Waals surface area contributed by atoms with E-state index in [4.69, 9.17) is 9.47 Å². The molecule has 0 bridgehead atoms. The molecule has 16 heteroatoms. The Kier molecular flexibility index (Phi) is 18.9. The fraction of sp³-hybridized carbons (Fsp3) is 0.587. The van der Waals surface area contributed by atoms with Crippen LogP contribution in [0.5, 0.6) is 0 Å². The van der Waals surface area contributed by atoms with Gasteiger partial charge >= 0.3 is 11.9 Å². The molecule has 342 valence electrons. The number of aromatic nitrogens is 1. The lowest BCUT2D eigenvalue weighted by molar-refractivity contribution is -0.155. The van der Waals surface area contributed by atoms with E-state index in [1.165, 1.54) is 50.7 Å². The SMILES string of the molecule is C/C=C(\C)[C@H]1OC(=O)[C@@H](C)NC(=O)C(C(C)CC)NC(=O)CN(C)C(=O)[C@@H](Cc2c[nH]c3ccccc23)N(C)C(=O)[C@H](C)NC(=O)[C@@H](CC(C)C)OC(=O)/C(C)=C/C[C@H](O)[C@@H]1C. The van der Waals surface area contributed by atoms with E-state index < -0.39 is 96.4 Å². The Hall–Kier alpha value is -5.51. The van der Waals surface area contributed by atoms with Crippen molar-refractivity contribution in [2.75, 3.05) is 20.6 Å². The van der Waals surface area contributed by atoms with E-state index in [9.17, 15) is 38.7 Å². The number of carbonyl (C=O) groups excluding carboxylic acids is 7. The van der Waals surface area contributed by atoms with Crippen molar-refractivity contribution in [3.05, 3.63) is 59.3 Å². The number of aliphatic hydroxyl groups is 1. The molecule has 9 atom stereocenters. The first-order valence-corrected chi connectivity index (χ1v) is 21.5. The highest BCUT2D eigenvalue weighted by Crippen LogP contribution is 2.25. The Morgan fingerprint density at radius 1 is 0.919 bits per heavy atom. The molecular weight excluding hydrogens is 797 g/mol. The third-order valence-electron chi connectivity index (χ3n) is 11.6. The van der Waals surface area contributed by atoms with Crippen LogP contribution in [0.15, 0.2) is 53.8 Å². The molecule has 2 unspecified atom stereocenters. The minimum absolute atomic E-state index is 0.0255. The molecule has 5 N–H and O–H groups in total. The van der Waals surface area contributed by atoms with Gasteiger partial charge in [-0.1, -0.05) is 71.4 Å². The second-order valence-corrected chi connectivity index (χ2v) is 17.1. The number of allylic oxidation sites excluding steroid dienone is 1. The second-order valence-electron chi connectivity index (χ2n) is 17.1. The number of likely N-dealkylation sites (N-methyl/N-ethyl adjacent to an activating group) is 2. The van der Waals surface area contributed by atoms with Crippen LogP contribution in [0.25, 0.3) is 10.9 Å². The molecule has 0 saturated carbocycles. The van der Waals surface area contributed by atoms with E-state index in [0.717, 1.165) is 16.5 Å². The summed E-state index contributed by atoms with van der Waals surface area (Å²) in [5.74, 6) is -5.90. The zero-order valence-corrected chi connectivity index (χ0v) is 38.4. The van der Waals surface area contributed by atoms with Crippen molar-refractivity contribution in [2.45, 2.75) is 137 Å². The maximum absolute atomic E-state index is 14.4. The smallest absolute Gasteiger partial charge is 0.334 e. The molecule has 0 spiro atoms. The number of amides is 5. The first kappa shape index (κ1) is 50.8. The van der Waals surface area contributed by atoms with Gasteiger partial charge < -0.3 is 45.3 Å². The van der Waals surface area contributed by atoms with E-state index in [-0.39, 0.29) is 36.7 Å². The molecule has 1 aromatic carbocycles. The molecule has 0 radical (unpaired) electrons. The molecule has 0 aliphatic carbocycles. The minimum Gasteiger partial charge on any atom is -0.456 e. The number of para-hydroxylation sites is 1. The van der Waals surface area contributed by atoms with Gasteiger partial charge in [-0.2, -0.15) is 0 Å². The quantitative estimate of drug-likeness (QED) is 0.201. The van der Waals surface area contributed by atoms with Crippen molar-refractivity contribution in [1.29, 1.82) is 0 Å². The number of fused-ring (bicyclic) bond motifs is 1. The average molecular weight is 865 g/mol. The molecular formula is C46H68N6O10. The summed E-state index contributed by atoms with van der Waals surface area (Å²) in [7, 11) is 2.86. The van der Waals surface area contributed by atoms with Crippen LogP contribution in [-0.2, 0) is 49.5 Å². The van der Waals surface area contributed by atoms with Crippen molar-refractivity contribution >= 4 is 52.4 Å². The molecule has 62 heavy (non-hydrogen) atoms. The monoisotopic (exact) mass is 864 g/mol. The van der Waals surface area contributed by atoms with Crippen molar-refractivity contribution in [1.82, 2.24) is 30.7 Å². The van der Waals surface area contributed by atoms with Gasteiger partial charge in [0.25, 0.3) is 5.91 Å².